The molecule has 0 bridgehead atoms. The summed E-state index contributed by atoms with van der Waals surface area (Å²) in [5.74, 6) is 0. The number of benzene rings is 4. The van der Waals surface area contributed by atoms with Crippen LogP contribution in [-0.4, -0.2) is 3.21 Å². The Labute approximate surface area is 217 Å². The van der Waals surface area contributed by atoms with Gasteiger partial charge >= 0.3 is 99.2 Å². The van der Waals surface area contributed by atoms with E-state index in [2.05, 4.69) is 127 Å². The third-order valence-corrected chi connectivity index (χ3v) is 6.65. The van der Waals surface area contributed by atoms with E-state index >= 15 is 0 Å². The van der Waals surface area contributed by atoms with E-state index in [1.54, 1.807) is 0 Å². The van der Waals surface area contributed by atoms with E-state index in [0.717, 1.165) is 6.42 Å². The van der Waals surface area contributed by atoms with Gasteiger partial charge in [-0.25, -0.2) is 12.2 Å². The molecule has 5 aromatic carbocycles. The first-order chi connectivity index (χ1) is 15.8. The van der Waals surface area contributed by atoms with Gasteiger partial charge < -0.3 is 12.4 Å². The average molecular weight is 523 g/mol. The molecule has 0 spiro atoms. The Hall–Kier alpha value is -2.73. The van der Waals surface area contributed by atoms with Crippen LogP contribution in [0.4, 0.5) is 0 Å². The van der Waals surface area contributed by atoms with Crippen LogP contribution in [0.3, 0.4) is 0 Å². The Morgan fingerprint density at radius 3 is 1.48 bits per heavy atom. The zero-order chi connectivity index (χ0) is 22.0. The van der Waals surface area contributed by atoms with Crippen LogP contribution in [0, 0.1) is 6.08 Å². The van der Waals surface area contributed by atoms with E-state index in [1.165, 1.54) is 60.1 Å². The Bertz CT molecular complexity index is 1240. The van der Waals surface area contributed by atoms with E-state index in [1.807, 2.05) is 12.2 Å². The summed E-state index contributed by atoms with van der Waals surface area (Å²) in [6.07, 6.45) is 10.0. The Morgan fingerprint density at radius 1 is 0.636 bits per heavy atom. The molecule has 0 amide bonds. The molecule has 0 unspecified atom stereocenters. The fraction of sp³-hybridized carbons (Fsp3) is 0.0323. The summed E-state index contributed by atoms with van der Waals surface area (Å²) in [7, 11) is 0. The van der Waals surface area contributed by atoms with Crippen LogP contribution in [0.15, 0.2) is 133 Å². The molecule has 0 aromatic heterocycles. The van der Waals surface area contributed by atoms with Gasteiger partial charge in [-0.2, -0.15) is 6.08 Å². The first-order valence-electron chi connectivity index (χ1n) is 10.8. The number of hydrogen-bond donors (Lipinski definition) is 0. The predicted molar refractivity (Wildman–Crippen MR) is 135 cm³/mol. The van der Waals surface area contributed by atoms with Gasteiger partial charge in [0, 0.05) is 0 Å². The molecule has 0 aliphatic heterocycles. The van der Waals surface area contributed by atoms with Crippen molar-refractivity contribution in [1.82, 2.24) is 0 Å². The molecule has 2 heteroatoms. The number of hydrogen-bond acceptors (Lipinski definition) is 0. The Balaban J connectivity index is 0.000000150. The van der Waals surface area contributed by atoms with Crippen molar-refractivity contribution in [2.24, 2.45) is 0 Å². The minimum absolute atomic E-state index is 0. The van der Waals surface area contributed by atoms with Gasteiger partial charge in [-0.1, -0.05) is 36.4 Å². The molecule has 0 nitrogen and oxygen atoms in total. The van der Waals surface area contributed by atoms with Gasteiger partial charge in [-0.3, -0.25) is 6.08 Å². The van der Waals surface area contributed by atoms with Crippen LogP contribution in [0.2, 0.25) is 0 Å². The second-order valence-corrected chi connectivity index (χ2v) is 8.66. The molecule has 1 aliphatic rings. The topological polar surface area (TPSA) is 0 Å². The molecule has 0 N–H and O–H groups in total. The minimum Gasteiger partial charge on any atom is -0.126 e. The first kappa shape index (κ1) is 24.9. The van der Waals surface area contributed by atoms with Crippen molar-refractivity contribution < 1.29 is 36.6 Å². The van der Waals surface area contributed by atoms with Gasteiger partial charge in [0.2, 0.25) is 0 Å². The average Bonchev–Trinajstić information content (AvgIpc) is 3.57. The normalized spacial score (nSPS) is 11.1. The summed E-state index contributed by atoms with van der Waals surface area (Å²) in [6.45, 7) is 0. The van der Waals surface area contributed by atoms with Gasteiger partial charge in [0.05, 0.1) is 0 Å². The maximum Gasteiger partial charge on any atom is -0.0771 e. The smallest absolute Gasteiger partial charge is 0.0771 e. The molecular formula is C31H24ClZr-3. The van der Waals surface area contributed by atoms with Crippen molar-refractivity contribution in [3.05, 3.63) is 151 Å². The first-order valence-corrected chi connectivity index (χ1v) is 12.0. The van der Waals surface area contributed by atoms with Gasteiger partial charge in [0.25, 0.3) is 0 Å². The molecule has 0 atom stereocenters. The van der Waals surface area contributed by atoms with Gasteiger partial charge in [-0.15, -0.1) is 46.2 Å². The van der Waals surface area contributed by atoms with E-state index in [0.29, 0.717) is 0 Å². The maximum atomic E-state index is 2.99. The SMILES string of the molecule is [C-]1=CC=CC1.[Cl-].[Zr]=[C](c1ccccc1)c1ccccc1.c1ccc2c(c1)[cH-]c1ccccc12. The quantitative estimate of drug-likeness (QED) is 0.291. The molecule has 6 rings (SSSR count). The van der Waals surface area contributed by atoms with Crippen molar-refractivity contribution in [3.63, 3.8) is 0 Å². The molecule has 0 radical (unpaired) electrons. The Morgan fingerprint density at radius 2 is 1.09 bits per heavy atom. The van der Waals surface area contributed by atoms with E-state index in [4.69, 9.17) is 0 Å². The standard InChI is InChI=1S/C13H9.C13H10.C5H5.ClH.Zr/c1-3-7-12-10(5-1)9-11-6-2-4-8-13(11)12;1-3-7-12(8-4-1)11-13-9-5-2-6-10-13;1-2-4-5-3-1;;/h1-9H;1-10H;1-3H,4H2;1H;/q-1;;-1;;/p-1. The van der Waals surface area contributed by atoms with E-state index in [-0.39, 0.29) is 12.4 Å². The zero-order valence-electron chi connectivity index (χ0n) is 18.3. The summed E-state index contributed by atoms with van der Waals surface area (Å²) >= 11 is 1.46. The van der Waals surface area contributed by atoms with Crippen molar-refractivity contribution >= 4 is 24.8 Å². The van der Waals surface area contributed by atoms with Gasteiger partial charge in [0.15, 0.2) is 0 Å². The fourth-order valence-electron chi connectivity index (χ4n) is 3.62. The molecule has 0 heterocycles. The van der Waals surface area contributed by atoms with Crippen LogP contribution in [-0.2, 0) is 24.2 Å². The number of allylic oxidation sites excluding steroid dienone is 4. The number of fused-ring (bicyclic) bond motifs is 3. The van der Waals surface area contributed by atoms with Crippen LogP contribution in [0.5, 0.6) is 0 Å². The second-order valence-electron chi connectivity index (χ2n) is 7.43. The zero-order valence-corrected chi connectivity index (χ0v) is 21.5. The van der Waals surface area contributed by atoms with Crippen LogP contribution >= 0.6 is 0 Å². The van der Waals surface area contributed by atoms with E-state index in [9.17, 15) is 0 Å². The predicted octanol–water partition coefficient (Wildman–Crippen LogP) is 4.82. The Kier molecular flexibility index (Phi) is 9.88. The molecule has 5 aromatic rings. The summed E-state index contributed by atoms with van der Waals surface area (Å²) in [4.78, 5) is 0. The summed E-state index contributed by atoms with van der Waals surface area (Å²) < 4.78 is 1.42. The molecule has 33 heavy (non-hydrogen) atoms. The number of rotatable bonds is 2. The maximum absolute atomic E-state index is 2.99. The fourth-order valence-corrected chi connectivity index (χ4v) is 4.44. The van der Waals surface area contributed by atoms with Crippen LogP contribution in [0.1, 0.15) is 17.5 Å². The van der Waals surface area contributed by atoms with Crippen molar-refractivity contribution in [2.75, 3.05) is 0 Å². The number of halogens is 1. The van der Waals surface area contributed by atoms with E-state index < -0.39 is 0 Å². The molecule has 0 saturated carbocycles. The van der Waals surface area contributed by atoms with Crippen LogP contribution < -0.4 is 12.4 Å². The third kappa shape index (κ3) is 6.88. The van der Waals surface area contributed by atoms with Gasteiger partial charge in [-0.05, 0) is 0 Å². The van der Waals surface area contributed by atoms with Crippen molar-refractivity contribution in [1.29, 1.82) is 0 Å². The summed E-state index contributed by atoms with van der Waals surface area (Å²) in [5, 5.41) is 5.39. The third-order valence-electron chi connectivity index (χ3n) is 5.23. The monoisotopic (exact) mass is 521 g/mol. The molecule has 162 valence electrons. The molecular weight excluding hydrogens is 499 g/mol. The van der Waals surface area contributed by atoms with Crippen molar-refractivity contribution in [2.45, 2.75) is 6.42 Å². The van der Waals surface area contributed by atoms with Crippen molar-refractivity contribution in [3.8, 4) is 0 Å². The molecule has 1 aliphatic carbocycles. The minimum atomic E-state index is 0. The van der Waals surface area contributed by atoms with Crippen LogP contribution in [0.25, 0.3) is 21.5 Å². The molecule has 0 saturated heterocycles. The molecule has 0 fully saturated rings. The second kappa shape index (κ2) is 13.1. The summed E-state index contributed by atoms with van der Waals surface area (Å²) in [6, 6.07) is 40.4. The van der Waals surface area contributed by atoms with Gasteiger partial charge in [0.1, 0.15) is 0 Å². The summed E-state index contributed by atoms with van der Waals surface area (Å²) in [5.41, 5.74) is 2.66. The largest absolute Gasteiger partial charge is 0.126 e.